The summed E-state index contributed by atoms with van der Waals surface area (Å²) >= 11 is 0. The van der Waals surface area contributed by atoms with Crippen LogP contribution in [0.3, 0.4) is 0 Å². The van der Waals surface area contributed by atoms with Gasteiger partial charge in [0.25, 0.3) is 0 Å². The third-order valence-electron chi connectivity index (χ3n) is 3.56. The van der Waals surface area contributed by atoms with E-state index in [-0.39, 0.29) is 12.4 Å². The maximum atomic E-state index is 5.85. The first-order valence-corrected chi connectivity index (χ1v) is 6.28. The number of nitrogens with zero attached hydrogens (tertiary/aromatic N) is 1. The molecule has 1 saturated carbocycles. The van der Waals surface area contributed by atoms with E-state index >= 15 is 0 Å². The Morgan fingerprint density at radius 2 is 1.94 bits per heavy atom. The second kappa shape index (κ2) is 6.98. The van der Waals surface area contributed by atoms with Crippen LogP contribution in [0.15, 0.2) is 24.3 Å². The molecule has 3 nitrogen and oxygen atoms in total. The maximum Gasteiger partial charge on any atom is 0.118 e. The Balaban J connectivity index is 0.00000162. The summed E-state index contributed by atoms with van der Waals surface area (Å²) in [5.41, 5.74) is 7.16. The SMILES string of the molecule is COc1ccc(CN(C)C(CN)C2CC2)cc1.Cl. The zero-order valence-corrected chi connectivity index (χ0v) is 12.0. The Morgan fingerprint density at radius 3 is 2.39 bits per heavy atom. The lowest BCUT2D eigenvalue weighted by Gasteiger charge is -2.27. The van der Waals surface area contributed by atoms with Crippen molar-refractivity contribution in [3.8, 4) is 5.75 Å². The molecule has 2 N–H and O–H groups in total. The minimum Gasteiger partial charge on any atom is -0.497 e. The van der Waals surface area contributed by atoms with Gasteiger partial charge in [-0.05, 0) is 43.5 Å². The number of ether oxygens (including phenoxy) is 1. The molecule has 0 aliphatic heterocycles. The fourth-order valence-corrected chi connectivity index (χ4v) is 2.35. The second-order valence-corrected chi connectivity index (χ2v) is 4.90. The molecule has 1 atom stereocenters. The Morgan fingerprint density at radius 1 is 1.33 bits per heavy atom. The molecule has 0 saturated heterocycles. The third-order valence-corrected chi connectivity index (χ3v) is 3.56. The van der Waals surface area contributed by atoms with Gasteiger partial charge in [-0.1, -0.05) is 12.1 Å². The fourth-order valence-electron chi connectivity index (χ4n) is 2.35. The molecule has 102 valence electrons. The van der Waals surface area contributed by atoms with E-state index in [4.69, 9.17) is 10.5 Å². The average molecular weight is 271 g/mol. The summed E-state index contributed by atoms with van der Waals surface area (Å²) in [4.78, 5) is 2.37. The normalized spacial score (nSPS) is 16.2. The second-order valence-electron chi connectivity index (χ2n) is 4.90. The predicted octanol–water partition coefficient (Wildman–Crippen LogP) is 2.29. The maximum absolute atomic E-state index is 5.85. The highest BCUT2D eigenvalue weighted by Crippen LogP contribution is 2.34. The van der Waals surface area contributed by atoms with E-state index in [9.17, 15) is 0 Å². The highest BCUT2D eigenvalue weighted by Gasteiger charge is 2.32. The van der Waals surface area contributed by atoms with E-state index in [2.05, 4.69) is 24.1 Å². The van der Waals surface area contributed by atoms with E-state index in [1.165, 1.54) is 18.4 Å². The molecule has 0 amide bonds. The fraction of sp³-hybridized carbons (Fsp3) is 0.571. The molecule has 0 spiro atoms. The lowest BCUT2D eigenvalue weighted by atomic mass is 10.1. The van der Waals surface area contributed by atoms with Crippen LogP contribution in [0.5, 0.6) is 5.75 Å². The van der Waals surface area contributed by atoms with E-state index in [1.807, 2.05) is 12.1 Å². The summed E-state index contributed by atoms with van der Waals surface area (Å²) in [5.74, 6) is 1.73. The van der Waals surface area contributed by atoms with E-state index < -0.39 is 0 Å². The summed E-state index contributed by atoms with van der Waals surface area (Å²) in [7, 11) is 3.86. The number of halogens is 1. The molecule has 0 bridgehead atoms. The van der Waals surface area contributed by atoms with Crippen molar-refractivity contribution in [2.75, 3.05) is 20.7 Å². The monoisotopic (exact) mass is 270 g/mol. The quantitative estimate of drug-likeness (QED) is 0.862. The van der Waals surface area contributed by atoms with Gasteiger partial charge in [0.05, 0.1) is 7.11 Å². The van der Waals surface area contributed by atoms with E-state index in [0.717, 1.165) is 24.8 Å². The van der Waals surface area contributed by atoms with Crippen LogP contribution in [-0.4, -0.2) is 31.6 Å². The molecule has 0 heterocycles. The van der Waals surface area contributed by atoms with Crippen molar-refractivity contribution in [2.24, 2.45) is 11.7 Å². The van der Waals surface area contributed by atoms with Gasteiger partial charge in [0, 0.05) is 19.1 Å². The molecule has 18 heavy (non-hydrogen) atoms. The number of methoxy groups -OCH3 is 1. The van der Waals surface area contributed by atoms with Gasteiger partial charge in [0.2, 0.25) is 0 Å². The van der Waals surface area contributed by atoms with Crippen LogP contribution in [0.1, 0.15) is 18.4 Å². The van der Waals surface area contributed by atoms with Gasteiger partial charge < -0.3 is 10.5 Å². The largest absolute Gasteiger partial charge is 0.497 e. The first-order valence-electron chi connectivity index (χ1n) is 6.28. The van der Waals surface area contributed by atoms with Crippen molar-refractivity contribution < 1.29 is 4.74 Å². The summed E-state index contributed by atoms with van der Waals surface area (Å²) < 4.78 is 5.16. The predicted molar refractivity (Wildman–Crippen MR) is 77.3 cm³/mol. The highest BCUT2D eigenvalue weighted by atomic mass is 35.5. The van der Waals surface area contributed by atoms with Crippen LogP contribution < -0.4 is 10.5 Å². The number of rotatable bonds is 6. The molecule has 2 rings (SSSR count). The smallest absolute Gasteiger partial charge is 0.118 e. The highest BCUT2D eigenvalue weighted by molar-refractivity contribution is 5.85. The summed E-state index contributed by atoms with van der Waals surface area (Å²) in [6.07, 6.45) is 2.68. The van der Waals surface area contributed by atoms with Gasteiger partial charge in [0.15, 0.2) is 0 Å². The minimum absolute atomic E-state index is 0. The van der Waals surface area contributed by atoms with Crippen molar-refractivity contribution in [2.45, 2.75) is 25.4 Å². The van der Waals surface area contributed by atoms with Gasteiger partial charge in [-0.2, -0.15) is 0 Å². The molecule has 1 unspecified atom stereocenters. The molecule has 1 aromatic rings. The molecule has 0 aromatic heterocycles. The first kappa shape index (κ1) is 15.3. The Bertz CT molecular complexity index is 351. The molecule has 0 radical (unpaired) electrons. The lowest BCUT2D eigenvalue weighted by molar-refractivity contribution is 0.215. The number of hydrogen-bond acceptors (Lipinski definition) is 3. The summed E-state index contributed by atoms with van der Waals surface area (Å²) in [6, 6.07) is 8.80. The van der Waals surface area contributed by atoms with Crippen LogP contribution in [0.25, 0.3) is 0 Å². The minimum atomic E-state index is 0. The van der Waals surface area contributed by atoms with Crippen LogP contribution in [0, 0.1) is 5.92 Å². The Labute approximate surface area is 116 Å². The number of likely N-dealkylation sites (N-methyl/N-ethyl adjacent to an activating group) is 1. The van der Waals surface area contributed by atoms with Crippen LogP contribution in [0.4, 0.5) is 0 Å². The topological polar surface area (TPSA) is 38.5 Å². The van der Waals surface area contributed by atoms with Crippen LogP contribution >= 0.6 is 12.4 Å². The zero-order chi connectivity index (χ0) is 12.3. The van der Waals surface area contributed by atoms with Crippen molar-refractivity contribution in [3.05, 3.63) is 29.8 Å². The molecular weight excluding hydrogens is 248 g/mol. The van der Waals surface area contributed by atoms with Gasteiger partial charge in [-0.15, -0.1) is 12.4 Å². The summed E-state index contributed by atoms with van der Waals surface area (Å²) in [5, 5.41) is 0. The van der Waals surface area contributed by atoms with Gasteiger partial charge in [0.1, 0.15) is 5.75 Å². The average Bonchev–Trinajstić information content (AvgIpc) is 3.15. The molecule has 1 fully saturated rings. The van der Waals surface area contributed by atoms with E-state index in [0.29, 0.717) is 6.04 Å². The van der Waals surface area contributed by atoms with Crippen molar-refractivity contribution in [1.82, 2.24) is 4.90 Å². The molecule has 1 aliphatic carbocycles. The first-order chi connectivity index (χ1) is 8.24. The molecule has 4 heteroatoms. The zero-order valence-electron chi connectivity index (χ0n) is 11.1. The third kappa shape index (κ3) is 3.87. The van der Waals surface area contributed by atoms with Crippen LogP contribution in [0.2, 0.25) is 0 Å². The number of benzene rings is 1. The van der Waals surface area contributed by atoms with Crippen molar-refractivity contribution in [3.63, 3.8) is 0 Å². The van der Waals surface area contributed by atoms with E-state index in [1.54, 1.807) is 7.11 Å². The number of hydrogen-bond donors (Lipinski definition) is 1. The van der Waals surface area contributed by atoms with Crippen LogP contribution in [-0.2, 0) is 6.54 Å². The van der Waals surface area contributed by atoms with Crippen molar-refractivity contribution >= 4 is 12.4 Å². The Hall–Kier alpha value is -0.770. The molecule has 1 aliphatic rings. The van der Waals surface area contributed by atoms with Gasteiger partial charge in [-0.25, -0.2) is 0 Å². The van der Waals surface area contributed by atoms with Gasteiger partial charge in [-0.3, -0.25) is 4.90 Å². The van der Waals surface area contributed by atoms with Crippen molar-refractivity contribution in [1.29, 1.82) is 0 Å². The lowest BCUT2D eigenvalue weighted by Crippen LogP contribution is -2.39. The van der Waals surface area contributed by atoms with Gasteiger partial charge >= 0.3 is 0 Å². The molecular formula is C14H23ClN2O. The summed E-state index contributed by atoms with van der Waals surface area (Å²) in [6.45, 7) is 1.72. The standard InChI is InChI=1S/C14H22N2O.ClH/c1-16(14(9-15)12-5-6-12)10-11-3-7-13(17-2)8-4-11;/h3-4,7-8,12,14H,5-6,9-10,15H2,1-2H3;1H. The number of nitrogens with two attached hydrogens (primary N) is 1. The Kier molecular flexibility index (Phi) is 5.93. The molecule has 1 aromatic carbocycles.